The van der Waals surface area contributed by atoms with Gasteiger partial charge in [0.15, 0.2) is 11.0 Å². The number of ether oxygens (including phenoxy) is 1. The maximum absolute atomic E-state index is 12.0. The number of carboxylic acids is 1. The Hall–Kier alpha value is -1.31. The van der Waals surface area contributed by atoms with Crippen molar-refractivity contribution in [3.63, 3.8) is 0 Å². The lowest BCUT2D eigenvalue weighted by Crippen LogP contribution is -2.08. The van der Waals surface area contributed by atoms with Gasteiger partial charge in [-0.3, -0.25) is 0 Å². The summed E-state index contributed by atoms with van der Waals surface area (Å²) in [5.41, 5.74) is 1.64. The summed E-state index contributed by atoms with van der Waals surface area (Å²) < 4.78 is 9.61. The van der Waals surface area contributed by atoms with Gasteiger partial charge in [0.1, 0.15) is 10.7 Å². The molecule has 3 aromatic rings. The van der Waals surface area contributed by atoms with Crippen molar-refractivity contribution in [2.75, 3.05) is 0 Å². The lowest BCUT2D eigenvalue weighted by Gasteiger charge is -2.14. The van der Waals surface area contributed by atoms with Crippen LogP contribution in [0.5, 0.6) is 5.75 Å². The summed E-state index contributed by atoms with van der Waals surface area (Å²) in [6, 6.07) is 11.1. The van der Waals surface area contributed by atoms with Gasteiger partial charge in [0.25, 0.3) is 0 Å². The molecule has 0 radical (unpaired) electrons. The van der Waals surface area contributed by atoms with E-state index in [0.717, 1.165) is 35.8 Å². The van der Waals surface area contributed by atoms with Crippen LogP contribution < -0.4 is 4.74 Å². The van der Waals surface area contributed by atoms with Crippen LogP contribution in [0.15, 0.2) is 46.5 Å². The van der Waals surface area contributed by atoms with E-state index in [0.29, 0.717) is 22.5 Å². The second-order valence-corrected chi connectivity index (χ2v) is 10.7. The first-order valence-corrected chi connectivity index (χ1v) is 13.0. The predicted molar refractivity (Wildman–Crippen MR) is 145 cm³/mol. The number of aromatic nitrogens is 3. The number of hydrogen-bond donors (Lipinski definition) is 1. The smallest absolute Gasteiger partial charge is 0.342 e. The van der Waals surface area contributed by atoms with E-state index in [2.05, 4.69) is 55.4 Å². The summed E-state index contributed by atoms with van der Waals surface area (Å²) >= 11 is 11.5. The van der Waals surface area contributed by atoms with Crippen LogP contribution in [0.4, 0.5) is 0 Å². The first-order chi connectivity index (χ1) is 15.2. The molecule has 0 unspecified atom stereocenters. The lowest BCUT2D eigenvalue weighted by molar-refractivity contribution is -0.131. The second-order valence-electron chi connectivity index (χ2n) is 6.95. The van der Waals surface area contributed by atoms with Gasteiger partial charge in [0, 0.05) is 17.1 Å². The molecule has 168 valence electrons. The molecule has 1 N–H and O–H groups in total. The molecular formula is C22H20ClI2N3O3S. The fraction of sp³-hybridized carbons (Fsp3) is 0.227. The number of aliphatic carboxylic acids is 1. The van der Waals surface area contributed by atoms with Gasteiger partial charge in [0.05, 0.1) is 13.2 Å². The fourth-order valence-electron chi connectivity index (χ4n) is 2.86. The van der Waals surface area contributed by atoms with Gasteiger partial charge < -0.3 is 14.4 Å². The van der Waals surface area contributed by atoms with Crippen LogP contribution in [0.25, 0.3) is 17.5 Å². The van der Waals surface area contributed by atoms with E-state index in [1.165, 1.54) is 0 Å². The largest absolute Gasteiger partial charge is 0.489 e. The minimum atomic E-state index is -1.03. The molecule has 1 heterocycles. The number of carboxylic acid groups (broad SMARTS) is 1. The molecular weight excluding hydrogens is 676 g/mol. The Morgan fingerprint density at radius 2 is 1.84 bits per heavy atom. The van der Waals surface area contributed by atoms with Crippen molar-refractivity contribution in [1.82, 2.24) is 14.8 Å². The number of halogens is 3. The van der Waals surface area contributed by atoms with E-state index in [9.17, 15) is 9.90 Å². The zero-order chi connectivity index (χ0) is 23.4. The lowest BCUT2D eigenvalue weighted by atomic mass is 10.2. The molecule has 0 fully saturated rings. The summed E-state index contributed by atoms with van der Waals surface area (Å²) in [4.78, 5) is 12.2. The monoisotopic (exact) mass is 695 g/mol. The van der Waals surface area contributed by atoms with E-state index >= 15 is 0 Å². The third-order valence-corrected chi connectivity index (χ3v) is 7.07. The Balaban J connectivity index is 1.95. The van der Waals surface area contributed by atoms with Gasteiger partial charge in [-0.05, 0) is 126 Å². The Labute approximate surface area is 223 Å². The zero-order valence-electron chi connectivity index (χ0n) is 17.5. The minimum Gasteiger partial charge on any atom is -0.489 e. The molecule has 0 saturated carbocycles. The molecule has 10 heteroatoms. The molecule has 0 aliphatic heterocycles. The van der Waals surface area contributed by atoms with Crippen molar-refractivity contribution in [3.05, 3.63) is 59.0 Å². The van der Waals surface area contributed by atoms with Crippen LogP contribution in [0.1, 0.15) is 26.3 Å². The van der Waals surface area contributed by atoms with Crippen molar-refractivity contribution in [3.8, 4) is 17.1 Å². The Morgan fingerprint density at radius 1 is 1.22 bits per heavy atom. The SMILES string of the molecule is CCn1c(S/C(=C\c2cc(I)c(OC(C)C)c(I)c2)C(=O)O)nnc1-c1ccc(Cl)cc1. The van der Waals surface area contributed by atoms with Gasteiger partial charge in [-0.15, -0.1) is 10.2 Å². The maximum Gasteiger partial charge on any atom is 0.342 e. The highest BCUT2D eigenvalue weighted by molar-refractivity contribution is 14.1. The number of rotatable bonds is 8. The number of benzene rings is 2. The minimum absolute atomic E-state index is 0.0544. The maximum atomic E-state index is 12.0. The number of nitrogens with zero attached hydrogens (tertiary/aromatic N) is 3. The van der Waals surface area contributed by atoms with Crippen LogP contribution >= 0.6 is 68.5 Å². The molecule has 0 atom stereocenters. The molecule has 0 bridgehead atoms. The van der Waals surface area contributed by atoms with Gasteiger partial charge in [0.2, 0.25) is 0 Å². The van der Waals surface area contributed by atoms with E-state index in [1.807, 2.05) is 49.6 Å². The Morgan fingerprint density at radius 3 is 2.38 bits per heavy atom. The van der Waals surface area contributed by atoms with Crippen LogP contribution in [0.2, 0.25) is 5.02 Å². The first-order valence-electron chi connectivity index (χ1n) is 9.67. The molecule has 0 saturated heterocycles. The number of thioether (sulfide) groups is 1. The first kappa shape index (κ1) is 25.3. The van der Waals surface area contributed by atoms with Crippen LogP contribution in [-0.4, -0.2) is 31.9 Å². The summed E-state index contributed by atoms with van der Waals surface area (Å²) in [5.74, 6) is 0.443. The van der Waals surface area contributed by atoms with E-state index in [-0.39, 0.29) is 11.0 Å². The van der Waals surface area contributed by atoms with E-state index in [4.69, 9.17) is 16.3 Å². The number of carbonyl (C=O) groups is 1. The van der Waals surface area contributed by atoms with E-state index < -0.39 is 5.97 Å². The van der Waals surface area contributed by atoms with Crippen molar-refractivity contribution in [2.45, 2.75) is 38.6 Å². The van der Waals surface area contributed by atoms with Crippen LogP contribution in [0, 0.1) is 7.14 Å². The van der Waals surface area contributed by atoms with Crippen LogP contribution in [-0.2, 0) is 11.3 Å². The third kappa shape index (κ3) is 6.17. The average molecular weight is 696 g/mol. The Bertz CT molecular complexity index is 1140. The van der Waals surface area contributed by atoms with Crippen molar-refractivity contribution in [1.29, 1.82) is 0 Å². The Kier molecular flexibility index (Phi) is 8.87. The molecule has 1 aromatic heterocycles. The number of hydrogen-bond acceptors (Lipinski definition) is 5. The highest BCUT2D eigenvalue weighted by Crippen LogP contribution is 2.34. The molecule has 3 rings (SSSR count). The summed E-state index contributed by atoms with van der Waals surface area (Å²) in [7, 11) is 0. The van der Waals surface area contributed by atoms with Gasteiger partial charge in [-0.1, -0.05) is 11.6 Å². The van der Waals surface area contributed by atoms with E-state index in [1.54, 1.807) is 18.2 Å². The summed E-state index contributed by atoms with van der Waals surface area (Å²) in [6.07, 6.45) is 1.70. The van der Waals surface area contributed by atoms with Crippen molar-refractivity contribution >= 4 is 80.6 Å². The third-order valence-electron chi connectivity index (χ3n) is 4.22. The summed E-state index contributed by atoms with van der Waals surface area (Å²) in [5, 5.41) is 19.5. The standard InChI is InChI=1S/C22H20ClI2N3O3S/c1-4-28-20(14-5-7-15(23)8-6-14)26-27-22(28)32-18(21(29)30)11-13-9-16(24)19(17(25)10-13)31-12(2)3/h5-12H,4H2,1-3H3,(H,29,30)/b18-11-. The molecule has 6 nitrogen and oxygen atoms in total. The quantitative estimate of drug-likeness (QED) is 0.158. The average Bonchev–Trinajstić information content (AvgIpc) is 3.13. The van der Waals surface area contributed by atoms with Crippen molar-refractivity contribution in [2.24, 2.45) is 0 Å². The van der Waals surface area contributed by atoms with Crippen LogP contribution in [0.3, 0.4) is 0 Å². The predicted octanol–water partition coefficient (Wildman–Crippen LogP) is 6.83. The molecule has 2 aromatic carbocycles. The van der Waals surface area contributed by atoms with Crippen molar-refractivity contribution < 1.29 is 14.6 Å². The highest BCUT2D eigenvalue weighted by Gasteiger charge is 2.19. The second kappa shape index (κ2) is 11.2. The summed E-state index contributed by atoms with van der Waals surface area (Å²) in [6.45, 7) is 6.51. The van der Waals surface area contributed by atoms with Gasteiger partial charge >= 0.3 is 5.97 Å². The van der Waals surface area contributed by atoms with Gasteiger partial charge in [-0.25, -0.2) is 4.79 Å². The molecule has 0 spiro atoms. The molecule has 0 amide bonds. The normalized spacial score (nSPS) is 11.8. The zero-order valence-corrected chi connectivity index (χ0v) is 23.4. The molecule has 32 heavy (non-hydrogen) atoms. The fourth-order valence-corrected chi connectivity index (χ4v) is 5.94. The van der Waals surface area contributed by atoms with Gasteiger partial charge in [-0.2, -0.15) is 0 Å². The topological polar surface area (TPSA) is 77.2 Å². The highest BCUT2D eigenvalue weighted by atomic mass is 127. The molecule has 0 aliphatic rings. The molecule has 0 aliphatic carbocycles.